The summed E-state index contributed by atoms with van der Waals surface area (Å²) in [6.07, 6.45) is 3.36. The number of hydrogen-bond donors (Lipinski definition) is 1. The van der Waals surface area contributed by atoms with E-state index in [-0.39, 0.29) is 38.2 Å². The average Bonchev–Trinajstić information content (AvgIpc) is 3.60. The monoisotopic (exact) mass is 584 g/mol. The van der Waals surface area contributed by atoms with Gasteiger partial charge in [-0.3, -0.25) is 14.4 Å². The topological polar surface area (TPSA) is 136 Å². The number of hydrogen-bond acceptors (Lipinski definition) is 10. The van der Waals surface area contributed by atoms with E-state index < -0.39 is 29.8 Å². The van der Waals surface area contributed by atoms with Gasteiger partial charge in [0.1, 0.15) is 6.10 Å². The third-order valence-electron chi connectivity index (χ3n) is 8.20. The molecule has 11 nitrogen and oxygen atoms in total. The Labute approximate surface area is 243 Å². The molecule has 42 heavy (non-hydrogen) atoms. The van der Waals surface area contributed by atoms with Crippen LogP contribution in [0.15, 0.2) is 24.3 Å². The second-order valence-electron chi connectivity index (χ2n) is 10.7. The van der Waals surface area contributed by atoms with Gasteiger partial charge < -0.3 is 38.3 Å². The first-order chi connectivity index (χ1) is 20.4. The molecule has 0 spiro atoms. The SMILES string of the molecule is COc1cc([C@@H]2c3cc4c(cc3[C@H](OC(=O)CCCCCCCC(=O)O)[C@H]3COC(=O)[C@@H]23)OCO4)cc(OC)c1OC. The predicted octanol–water partition coefficient (Wildman–Crippen LogP) is 4.78. The molecule has 11 heteroatoms. The lowest BCUT2D eigenvalue weighted by Crippen LogP contribution is -2.36. The van der Waals surface area contributed by atoms with Gasteiger partial charge in [0.15, 0.2) is 23.0 Å². The smallest absolute Gasteiger partial charge is 0.310 e. The van der Waals surface area contributed by atoms with Crippen molar-refractivity contribution in [2.45, 2.75) is 57.0 Å². The van der Waals surface area contributed by atoms with E-state index in [1.807, 2.05) is 24.3 Å². The number of carbonyl (C=O) groups excluding carboxylic acids is 2. The van der Waals surface area contributed by atoms with Crippen LogP contribution in [0.5, 0.6) is 28.7 Å². The first-order valence-electron chi connectivity index (χ1n) is 14.2. The zero-order valence-corrected chi connectivity index (χ0v) is 24.0. The largest absolute Gasteiger partial charge is 0.493 e. The standard InChI is InChI=1S/C31H36O11/c1-36-23-11-17(12-24(37-2)30(23)38-3)27-18-13-21-22(41-16-40-21)14-19(18)29(20-15-39-31(35)28(20)27)42-26(34)10-8-6-4-5-7-9-25(32)33/h11-14,20,27-29H,4-10,15-16H2,1-3H3,(H,32,33)/t20-,27+,28+,29-/m0/s1. The molecule has 0 bridgehead atoms. The highest BCUT2D eigenvalue weighted by Gasteiger charge is 2.54. The molecule has 1 fully saturated rings. The second-order valence-corrected chi connectivity index (χ2v) is 10.7. The van der Waals surface area contributed by atoms with E-state index in [1.165, 1.54) is 21.3 Å². The fraction of sp³-hybridized carbons (Fsp3) is 0.516. The number of carbonyl (C=O) groups is 3. The molecule has 2 aromatic carbocycles. The van der Waals surface area contributed by atoms with Crippen LogP contribution in [-0.4, -0.2) is 57.7 Å². The van der Waals surface area contributed by atoms with Crippen molar-refractivity contribution in [3.8, 4) is 28.7 Å². The number of esters is 2. The van der Waals surface area contributed by atoms with Crippen molar-refractivity contribution in [2.75, 3.05) is 34.7 Å². The summed E-state index contributed by atoms with van der Waals surface area (Å²) < 4.78 is 39.7. The molecule has 3 aliphatic rings. The Kier molecular flexibility index (Phi) is 8.94. The van der Waals surface area contributed by atoms with Crippen LogP contribution in [0.1, 0.15) is 73.7 Å². The molecule has 5 rings (SSSR count). The van der Waals surface area contributed by atoms with E-state index in [0.717, 1.165) is 36.0 Å². The Morgan fingerprint density at radius 2 is 1.45 bits per heavy atom. The minimum absolute atomic E-state index is 0.0683. The molecule has 1 saturated heterocycles. The maximum Gasteiger partial charge on any atom is 0.310 e. The molecule has 0 saturated carbocycles. The minimum Gasteiger partial charge on any atom is -0.493 e. The Morgan fingerprint density at radius 3 is 2.07 bits per heavy atom. The third-order valence-corrected chi connectivity index (χ3v) is 8.20. The summed E-state index contributed by atoms with van der Waals surface area (Å²) in [4.78, 5) is 37.0. The molecule has 1 aliphatic carbocycles. The van der Waals surface area contributed by atoms with Gasteiger partial charge in [-0.2, -0.15) is 0 Å². The number of cyclic esters (lactones) is 1. The summed E-state index contributed by atoms with van der Waals surface area (Å²) in [5.74, 6) is -0.623. The summed E-state index contributed by atoms with van der Waals surface area (Å²) in [5, 5.41) is 8.77. The molecule has 0 aromatic heterocycles. The molecule has 0 radical (unpaired) electrons. The number of fused-ring (bicyclic) bond motifs is 3. The molecule has 0 unspecified atom stereocenters. The zero-order valence-electron chi connectivity index (χ0n) is 24.0. The van der Waals surface area contributed by atoms with Crippen molar-refractivity contribution >= 4 is 17.9 Å². The zero-order chi connectivity index (χ0) is 29.8. The Hall–Kier alpha value is -4.15. The van der Waals surface area contributed by atoms with E-state index in [9.17, 15) is 14.4 Å². The van der Waals surface area contributed by atoms with Crippen LogP contribution in [0.2, 0.25) is 0 Å². The van der Waals surface area contributed by atoms with Crippen LogP contribution >= 0.6 is 0 Å². The molecule has 4 atom stereocenters. The van der Waals surface area contributed by atoms with E-state index in [0.29, 0.717) is 41.6 Å². The van der Waals surface area contributed by atoms with Crippen molar-refractivity contribution in [2.24, 2.45) is 11.8 Å². The molecule has 1 N–H and O–H groups in total. The normalized spacial score (nSPS) is 21.6. The van der Waals surface area contributed by atoms with Crippen molar-refractivity contribution in [1.82, 2.24) is 0 Å². The van der Waals surface area contributed by atoms with E-state index in [1.54, 1.807) is 0 Å². The van der Waals surface area contributed by atoms with Gasteiger partial charge >= 0.3 is 17.9 Å². The van der Waals surface area contributed by atoms with Gasteiger partial charge in [-0.25, -0.2) is 0 Å². The van der Waals surface area contributed by atoms with E-state index in [2.05, 4.69) is 0 Å². The molecule has 226 valence electrons. The fourth-order valence-electron chi connectivity index (χ4n) is 6.22. The third kappa shape index (κ3) is 5.77. The van der Waals surface area contributed by atoms with E-state index >= 15 is 0 Å². The molecular formula is C31H36O11. The number of unbranched alkanes of at least 4 members (excludes halogenated alkanes) is 4. The van der Waals surface area contributed by atoms with Gasteiger partial charge in [-0.15, -0.1) is 0 Å². The minimum atomic E-state index is -0.797. The van der Waals surface area contributed by atoms with Crippen molar-refractivity contribution in [3.05, 3.63) is 41.0 Å². The Balaban J connectivity index is 1.45. The van der Waals surface area contributed by atoms with Gasteiger partial charge in [0.05, 0.1) is 33.9 Å². The lowest BCUT2D eigenvalue weighted by molar-refractivity contribution is -0.154. The van der Waals surface area contributed by atoms with Gasteiger partial charge in [0.2, 0.25) is 12.5 Å². The molecule has 2 heterocycles. The number of carboxylic acid groups (broad SMARTS) is 1. The van der Waals surface area contributed by atoms with Crippen LogP contribution in [0.25, 0.3) is 0 Å². The predicted molar refractivity (Wildman–Crippen MR) is 147 cm³/mol. The van der Waals surface area contributed by atoms with Gasteiger partial charge in [0.25, 0.3) is 0 Å². The second kappa shape index (κ2) is 12.8. The van der Waals surface area contributed by atoms with Crippen molar-refractivity contribution < 1.29 is 52.6 Å². The lowest BCUT2D eigenvalue weighted by atomic mass is 9.66. The number of methoxy groups -OCH3 is 3. The highest BCUT2D eigenvalue weighted by Crippen LogP contribution is 2.56. The molecule has 2 aliphatic heterocycles. The maximum absolute atomic E-state index is 13.3. The van der Waals surface area contributed by atoms with Crippen molar-refractivity contribution in [1.29, 1.82) is 0 Å². The Morgan fingerprint density at radius 1 is 0.833 bits per heavy atom. The van der Waals surface area contributed by atoms with Gasteiger partial charge in [0, 0.05) is 30.2 Å². The Bertz CT molecular complexity index is 1310. The number of ether oxygens (including phenoxy) is 7. The van der Waals surface area contributed by atoms with Crippen LogP contribution in [0.3, 0.4) is 0 Å². The first-order valence-corrected chi connectivity index (χ1v) is 14.2. The fourth-order valence-corrected chi connectivity index (χ4v) is 6.22. The van der Waals surface area contributed by atoms with Gasteiger partial charge in [-0.1, -0.05) is 19.3 Å². The highest BCUT2D eigenvalue weighted by atomic mass is 16.7. The summed E-state index contributed by atoms with van der Waals surface area (Å²) in [6, 6.07) is 7.34. The van der Waals surface area contributed by atoms with Crippen LogP contribution in [-0.2, 0) is 23.9 Å². The number of aliphatic carboxylic acids is 1. The first kappa shape index (κ1) is 29.3. The van der Waals surface area contributed by atoms with Crippen LogP contribution in [0.4, 0.5) is 0 Å². The quantitative estimate of drug-likeness (QED) is 0.257. The van der Waals surface area contributed by atoms with Crippen LogP contribution < -0.4 is 23.7 Å². The summed E-state index contributed by atoms with van der Waals surface area (Å²) in [7, 11) is 4.59. The number of benzene rings is 2. The summed E-state index contributed by atoms with van der Waals surface area (Å²) in [5.41, 5.74) is 2.26. The molecular weight excluding hydrogens is 548 g/mol. The maximum atomic E-state index is 13.3. The van der Waals surface area contributed by atoms with E-state index in [4.69, 9.17) is 38.3 Å². The highest BCUT2D eigenvalue weighted by molar-refractivity contribution is 5.79. The van der Waals surface area contributed by atoms with Crippen molar-refractivity contribution in [3.63, 3.8) is 0 Å². The summed E-state index contributed by atoms with van der Waals surface area (Å²) in [6.45, 7) is 0.179. The number of carboxylic acids is 1. The van der Waals surface area contributed by atoms with Crippen LogP contribution in [0, 0.1) is 11.8 Å². The van der Waals surface area contributed by atoms with Gasteiger partial charge in [-0.05, 0) is 48.2 Å². The lowest BCUT2D eigenvalue weighted by Gasteiger charge is -2.38. The number of rotatable bonds is 13. The molecule has 2 aromatic rings. The molecule has 0 amide bonds. The average molecular weight is 585 g/mol. The summed E-state index contributed by atoms with van der Waals surface area (Å²) >= 11 is 0.